The molecule has 0 rings (SSSR count). The zero-order valence-corrected chi connectivity index (χ0v) is 23.0. The third kappa shape index (κ3) is 37.3. The van der Waals surface area contributed by atoms with Crippen molar-refractivity contribution in [2.75, 3.05) is 0 Å². The maximum Gasteiger partial charge on any atom is 1.00 e. The van der Waals surface area contributed by atoms with E-state index in [1.165, 1.54) is 116 Å². The molecular weight excluding hydrogens is 399 g/mol. The average Bonchev–Trinajstić information content (AvgIpc) is 2.70. The van der Waals surface area contributed by atoms with Crippen molar-refractivity contribution in [1.29, 1.82) is 0 Å². The molecule has 178 valence electrons. The van der Waals surface area contributed by atoms with Crippen LogP contribution in [0.3, 0.4) is 0 Å². The van der Waals surface area contributed by atoms with E-state index in [0.717, 1.165) is 12.8 Å². The molecule has 0 radical (unpaired) electrons. The first-order valence-corrected chi connectivity index (χ1v) is 12.5. The van der Waals surface area contributed by atoms with Gasteiger partial charge >= 0.3 is 35.5 Å². The summed E-state index contributed by atoms with van der Waals surface area (Å²) in [7, 11) is 0. The standard InChI is InChI=1S/C22H44O2.C4H6O2.Na/c1-2-3-4-5-6-7-8-9-10-11-12-13-14-15-16-17-18-19-20-21-22(23)24;1-3(2)4(5)6;/h2-21H2,1H3,(H,23,24);1H2,2H3,(H,5,6);/q;;+1/p-1. The Morgan fingerprint density at radius 1 is 0.645 bits per heavy atom. The first kappa shape index (κ1) is 35.3. The fourth-order valence-corrected chi connectivity index (χ4v) is 3.35. The third-order valence-electron chi connectivity index (χ3n) is 5.35. The number of carboxylic acid groups (broad SMARTS) is 2. The summed E-state index contributed by atoms with van der Waals surface area (Å²) in [4.78, 5) is 19.9. The molecule has 0 saturated carbocycles. The quantitative estimate of drug-likeness (QED) is 0.162. The van der Waals surface area contributed by atoms with Gasteiger partial charge in [-0.25, -0.2) is 4.79 Å². The topological polar surface area (TPSA) is 77.4 Å². The second-order valence-corrected chi connectivity index (χ2v) is 8.57. The number of carboxylic acids is 2. The van der Waals surface area contributed by atoms with E-state index in [9.17, 15) is 14.7 Å². The van der Waals surface area contributed by atoms with Gasteiger partial charge in [0.05, 0.1) is 0 Å². The molecule has 0 heterocycles. The van der Waals surface area contributed by atoms with Crippen LogP contribution in [0.1, 0.15) is 142 Å². The van der Waals surface area contributed by atoms with Gasteiger partial charge in [0.2, 0.25) is 0 Å². The summed E-state index contributed by atoms with van der Waals surface area (Å²) in [6, 6.07) is 0. The van der Waals surface area contributed by atoms with E-state index in [-0.39, 0.29) is 41.6 Å². The molecule has 0 saturated heterocycles. The summed E-state index contributed by atoms with van der Waals surface area (Å²) in [6.45, 7) is 6.88. The smallest absolute Gasteiger partial charge is 0.550 e. The molecule has 4 nitrogen and oxygen atoms in total. The van der Waals surface area contributed by atoms with Gasteiger partial charge in [-0.1, -0.05) is 129 Å². The van der Waals surface area contributed by atoms with Gasteiger partial charge < -0.3 is 15.0 Å². The van der Waals surface area contributed by atoms with Gasteiger partial charge in [0.25, 0.3) is 0 Å². The molecule has 0 atom stereocenters. The van der Waals surface area contributed by atoms with Gasteiger partial charge in [-0.3, -0.25) is 0 Å². The van der Waals surface area contributed by atoms with Crippen molar-refractivity contribution in [3.05, 3.63) is 12.2 Å². The minimum Gasteiger partial charge on any atom is -0.550 e. The maximum atomic E-state index is 10.3. The number of hydrogen-bond donors (Lipinski definition) is 1. The first-order chi connectivity index (χ1) is 14.4. The molecule has 0 fully saturated rings. The van der Waals surface area contributed by atoms with Crippen molar-refractivity contribution in [1.82, 2.24) is 0 Å². The Kier molecular flexibility index (Phi) is 33.8. The second kappa shape index (κ2) is 29.7. The Hall–Kier alpha value is -0.320. The van der Waals surface area contributed by atoms with Crippen molar-refractivity contribution in [2.24, 2.45) is 0 Å². The number of aliphatic carboxylic acids is 2. The van der Waals surface area contributed by atoms with Gasteiger partial charge in [-0.2, -0.15) is 0 Å². The summed E-state index contributed by atoms with van der Waals surface area (Å²) in [5, 5.41) is 18.2. The Balaban J connectivity index is -0.000000976. The number of rotatable bonds is 21. The molecule has 0 spiro atoms. The molecule has 0 amide bonds. The predicted octanol–water partition coefficient (Wildman–Crippen LogP) is 4.21. The van der Waals surface area contributed by atoms with Crippen LogP contribution in [-0.2, 0) is 9.59 Å². The van der Waals surface area contributed by atoms with Crippen molar-refractivity contribution >= 4 is 11.9 Å². The van der Waals surface area contributed by atoms with Gasteiger partial charge in [0.15, 0.2) is 0 Å². The van der Waals surface area contributed by atoms with E-state index in [1.54, 1.807) is 0 Å². The molecule has 0 aromatic rings. The van der Waals surface area contributed by atoms with Crippen molar-refractivity contribution in [2.45, 2.75) is 142 Å². The largest absolute Gasteiger partial charge is 1.00 e. The Morgan fingerprint density at radius 3 is 1.06 bits per heavy atom. The van der Waals surface area contributed by atoms with Gasteiger partial charge in [0.1, 0.15) is 0 Å². The van der Waals surface area contributed by atoms with Crippen LogP contribution in [0, 0.1) is 0 Å². The summed E-state index contributed by atoms with van der Waals surface area (Å²) in [5.74, 6) is -1.84. The SMILES string of the molecule is C=C(C)C(=O)O.CCCCCCCCCCCCCCCCCCCCCC(=O)[O-].[Na+]. The Bertz CT molecular complexity index is 398. The van der Waals surface area contributed by atoms with Gasteiger partial charge in [-0.15, -0.1) is 0 Å². The van der Waals surface area contributed by atoms with Gasteiger partial charge in [-0.05, 0) is 19.8 Å². The summed E-state index contributed by atoms with van der Waals surface area (Å²) in [5.41, 5.74) is 0.176. The van der Waals surface area contributed by atoms with E-state index in [2.05, 4.69) is 13.5 Å². The van der Waals surface area contributed by atoms with Gasteiger partial charge in [0, 0.05) is 11.5 Å². The van der Waals surface area contributed by atoms with Crippen LogP contribution >= 0.6 is 0 Å². The number of hydrogen-bond acceptors (Lipinski definition) is 3. The van der Waals surface area contributed by atoms with Crippen LogP contribution < -0.4 is 34.7 Å². The average molecular weight is 449 g/mol. The molecule has 0 aliphatic heterocycles. The number of carbonyl (C=O) groups excluding carboxylic acids is 1. The molecule has 5 heteroatoms. The van der Waals surface area contributed by atoms with Crippen LogP contribution in [0.15, 0.2) is 12.2 Å². The van der Waals surface area contributed by atoms with Crippen LogP contribution in [0.2, 0.25) is 0 Å². The van der Waals surface area contributed by atoms with Crippen LogP contribution in [0.25, 0.3) is 0 Å². The second-order valence-electron chi connectivity index (χ2n) is 8.57. The summed E-state index contributed by atoms with van der Waals surface area (Å²) < 4.78 is 0. The fourth-order valence-electron chi connectivity index (χ4n) is 3.35. The van der Waals surface area contributed by atoms with Crippen molar-refractivity contribution in [3.8, 4) is 0 Å². The van der Waals surface area contributed by atoms with Crippen LogP contribution in [0.4, 0.5) is 0 Å². The molecule has 31 heavy (non-hydrogen) atoms. The van der Waals surface area contributed by atoms with Crippen LogP contribution in [-0.4, -0.2) is 17.0 Å². The molecule has 0 aromatic heterocycles. The molecule has 0 aliphatic rings. The monoisotopic (exact) mass is 448 g/mol. The summed E-state index contributed by atoms with van der Waals surface area (Å²) >= 11 is 0. The number of unbranched alkanes of at least 4 members (excludes halogenated alkanes) is 18. The molecule has 0 bridgehead atoms. The Labute approximate surface area is 215 Å². The van der Waals surface area contributed by atoms with Crippen molar-refractivity contribution < 1.29 is 49.4 Å². The third-order valence-corrected chi connectivity index (χ3v) is 5.35. The molecule has 0 unspecified atom stereocenters. The number of carbonyl (C=O) groups is 2. The first-order valence-electron chi connectivity index (χ1n) is 12.5. The minimum absolute atomic E-state index is 0. The Morgan fingerprint density at radius 2 is 0.871 bits per heavy atom. The van der Waals surface area contributed by atoms with E-state index >= 15 is 0 Å². The maximum absolute atomic E-state index is 10.3. The molecule has 1 N–H and O–H groups in total. The summed E-state index contributed by atoms with van der Waals surface area (Å²) in [6.07, 6.45) is 25.7. The van der Waals surface area contributed by atoms with E-state index in [4.69, 9.17) is 5.11 Å². The van der Waals surface area contributed by atoms with E-state index in [1.807, 2.05) is 0 Å². The normalized spacial score (nSPS) is 10.0. The molecular formula is C26H49NaO4. The predicted molar refractivity (Wildman–Crippen MR) is 125 cm³/mol. The zero-order chi connectivity index (χ0) is 22.9. The zero-order valence-electron chi connectivity index (χ0n) is 21.0. The minimum atomic E-state index is -0.935. The molecule has 0 aromatic carbocycles. The molecule has 0 aliphatic carbocycles. The fraction of sp³-hybridized carbons (Fsp3) is 0.846. The van der Waals surface area contributed by atoms with Crippen LogP contribution in [0.5, 0.6) is 0 Å². The van der Waals surface area contributed by atoms with Crippen molar-refractivity contribution in [3.63, 3.8) is 0 Å². The van der Waals surface area contributed by atoms with E-state index < -0.39 is 11.9 Å². The van der Waals surface area contributed by atoms with E-state index in [0.29, 0.717) is 0 Å².